The lowest BCUT2D eigenvalue weighted by molar-refractivity contribution is 0.285. The fourth-order valence-corrected chi connectivity index (χ4v) is 2.63. The maximum Gasteiger partial charge on any atom is 0.161 e. The van der Waals surface area contributed by atoms with Crippen LogP contribution in [0.2, 0.25) is 0 Å². The number of nitriles is 1. The minimum Gasteiger partial charge on any atom is -0.493 e. The zero-order chi connectivity index (χ0) is 16.7. The molecule has 3 nitrogen and oxygen atoms in total. The van der Waals surface area contributed by atoms with Gasteiger partial charge in [-0.1, -0.05) is 30.3 Å². The van der Waals surface area contributed by atoms with E-state index in [1.54, 1.807) is 7.11 Å². The van der Waals surface area contributed by atoms with E-state index in [1.807, 2.05) is 56.3 Å². The van der Waals surface area contributed by atoms with Crippen LogP contribution in [0.15, 0.2) is 42.5 Å². The van der Waals surface area contributed by atoms with Gasteiger partial charge in [-0.3, -0.25) is 0 Å². The third kappa shape index (κ3) is 4.50. The zero-order valence-electron chi connectivity index (χ0n) is 14.0. The summed E-state index contributed by atoms with van der Waals surface area (Å²) in [6.45, 7) is 4.64. The van der Waals surface area contributed by atoms with E-state index in [0.717, 1.165) is 35.5 Å². The second-order valence-corrected chi connectivity index (χ2v) is 5.68. The molecule has 0 saturated carbocycles. The molecular weight excluding hydrogens is 286 g/mol. The summed E-state index contributed by atoms with van der Waals surface area (Å²) in [4.78, 5) is 0. The molecule has 0 saturated heterocycles. The predicted octanol–water partition coefficient (Wildman–Crippen LogP) is 4.78. The Labute approximate surface area is 138 Å². The van der Waals surface area contributed by atoms with Gasteiger partial charge in [0.1, 0.15) is 0 Å². The van der Waals surface area contributed by atoms with Gasteiger partial charge in [-0.25, -0.2) is 0 Å². The molecular formula is C20H23NO2. The molecule has 0 aliphatic rings. The van der Waals surface area contributed by atoms with Gasteiger partial charge in [0.2, 0.25) is 0 Å². The molecule has 0 aliphatic heterocycles. The van der Waals surface area contributed by atoms with Gasteiger partial charge in [0, 0.05) is 0 Å². The predicted molar refractivity (Wildman–Crippen MR) is 92.0 cm³/mol. The maximum atomic E-state index is 9.42. The Morgan fingerprint density at radius 3 is 2.57 bits per heavy atom. The third-order valence-electron chi connectivity index (χ3n) is 3.93. The summed E-state index contributed by atoms with van der Waals surface area (Å²) in [7, 11) is 1.64. The van der Waals surface area contributed by atoms with Crippen molar-refractivity contribution in [2.75, 3.05) is 13.7 Å². The van der Waals surface area contributed by atoms with Crippen molar-refractivity contribution in [3.05, 3.63) is 59.2 Å². The van der Waals surface area contributed by atoms with Crippen molar-refractivity contribution in [1.29, 1.82) is 5.26 Å². The number of benzene rings is 2. The lowest BCUT2D eigenvalue weighted by Gasteiger charge is -2.14. The van der Waals surface area contributed by atoms with Gasteiger partial charge in [0.05, 0.1) is 25.7 Å². The smallest absolute Gasteiger partial charge is 0.161 e. The highest BCUT2D eigenvalue weighted by Gasteiger charge is 2.12. The molecule has 2 aromatic carbocycles. The molecule has 0 N–H and O–H groups in total. The van der Waals surface area contributed by atoms with Gasteiger partial charge in [-0.15, -0.1) is 0 Å². The quantitative estimate of drug-likeness (QED) is 0.691. The van der Waals surface area contributed by atoms with Crippen LogP contribution in [0.5, 0.6) is 11.5 Å². The SMILES string of the molecule is COc1cc(C)ccc1OCCCC(C#N)c1ccccc1C. The van der Waals surface area contributed by atoms with Crippen LogP contribution in [0.4, 0.5) is 0 Å². The molecule has 0 heterocycles. The van der Waals surface area contributed by atoms with Crippen LogP contribution < -0.4 is 9.47 Å². The van der Waals surface area contributed by atoms with E-state index in [4.69, 9.17) is 9.47 Å². The summed E-state index contributed by atoms with van der Waals surface area (Å²) in [6.07, 6.45) is 1.61. The molecule has 120 valence electrons. The topological polar surface area (TPSA) is 42.2 Å². The molecule has 0 fully saturated rings. The summed E-state index contributed by atoms with van der Waals surface area (Å²) in [5.41, 5.74) is 3.42. The van der Waals surface area contributed by atoms with Crippen molar-refractivity contribution < 1.29 is 9.47 Å². The van der Waals surface area contributed by atoms with Gasteiger partial charge in [0.25, 0.3) is 0 Å². The highest BCUT2D eigenvalue weighted by molar-refractivity contribution is 5.42. The lowest BCUT2D eigenvalue weighted by atomic mass is 9.92. The molecule has 0 aromatic heterocycles. The number of ether oxygens (including phenoxy) is 2. The maximum absolute atomic E-state index is 9.42. The first kappa shape index (κ1) is 16.9. The third-order valence-corrected chi connectivity index (χ3v) is 3.93. The van der Waals surface area contributed by atoms with Crippen LogP contribution in [0.1, 0.15) is 35.4 Å². The first-order valence-electron chi connectivity index (χ1n) is 7.88. The lowest BCUT2D eigenvalue weighted by Crippen LogP contribution is -2.04. The monoisotopic (exact) mass is 309 g/mol. The zero-order valence-corrected chi connectivity index (χ0v) is 14.0. The van der Waals surface area contributed by atoms with Crippen LogP contribution in [-0.2, 0) is 0 Å². The second kappa shape index (κ2) is 8.24. The molecule has 0 radical (unpaired) electrons. The molecule has 0 bridgehead atoms. The van der Waals surface area contributed by atoms with E-state index < -0.39 is 0 Å². The number of methoxy groups -OCH3 is 1. The van der Waals surface area contributed by atoms with Gasteiger partial charge in [0.15, 0.2) is 11.5 Å². The van der Waals surface area contributed by atoms with Crippen LogP contribution >= 0.6 is 0 Å². The summed E-state index contributed by atoms with van der Waals surface area (Å²) >= 11 is 0. The van der Waals surface area contributed by atoms with Crippen LogP contribution in [0, 0.1) is 25.2 Å². The Hall–Kier alpha value is -2.47. The Kier molecular flexibility index (Phi) is 6.05. The number of hydrogen-bond donors (Lipinski definition) is 0. The van der Waals surface area contributed by atoms with E-state index in [0.29, 0.717) is 6.61 Å². The average Bonchev–Trinajstić information content (AvgIpc) is 2.57. The van der Waals surface area contributed by atoms with E-state index >= 15 is 0 Å². The van der Waals surface area contributed by atoms with E-state index in [1.165, 1.54) is 5.56 Å². The Morgan fingerprint density at radius 1 is 1.09 bits per heavy atom. The van der Waals surface area contributed by atoms with Crippen LogP contribution in [0.3, 0.4) is 0 Å². The molecule has 3 heteroatoms. The van der Waals surface area contributed by atoms with Crippen molar-refractivity contribution in [3.8, 4) is 17.6 Å². The highest BCUT2D eigenvalue weighted by atomic mass is 16.5. The van der Waals surface area contributed by atoms with Gasteiger partial charge in [-0.2, -0.15) is 5.26 Å². The van der Waals surface area contributed by atoms with Gasteiger partial charge >= 0.3 is 0 Å². The molecule has 2 aromatic rings. The van der Waals surface area contributed by atoms with Crippen molar-refractivity contribution >= 4 is 0 Å². The minimum atomic E-state index is -0.0836. The molecule has 0 amide bonds. The van der Waals surface area contributed by atoms with Gasteiger partial charge < -0.3 is 9.47 Å². The largest absolute Gasteiger partial charge is 0.493 e. The van der Waals surface area contributed by atoms with E-state index in [-0.39, 0.29) is 5.92 Å². The van der Waals surface area contributed by atoms with Crippen molar-refractivity contribution in [3.63, 3.8) is 0 Å². The second-order valence-electron chi connectivity index (χ2n) is 5.68. The molecule has 2 rings (SSSR count). The van der Waals surface area contributed by atoms with Gasteiger partial charge in [-0.05, 0) is 55.5 Å². The number of rotatable bonds is 7. The Morgan fingerprint density at radius 2 is 1.87 bits per heavy atom. The normalized spacial score (nSPS) is 11.6. The molecule has 23 heavy (non-hydrogen) atoms. The fourth-order valence-electron chi connectivity index (χ4n) is 2.63. The fraction of sp³-hybridized carbons (Fsp3) is 0.350. The summed E-state index contributed by atoms with van der Waals surface area (Å²) in [5.74, 6) is 1.42. The molecule has 1 unspecified atom stereocenters. The average molecular weight is 309 g/mol. The first-order chi connectivity index (χ1) is 11.2. The van der Waals surface area contributed by atoms with E-state index in [9.17, 15) is 5.26 Å². The van der Waals surface area contributed by atoms with Crippen molar-refractivity contribution in [2.24, 2.45) is 0 Å². The van der Waals surface area contributed by atoms with Crippen molar-refractivity contribution in [2.45, 2.75) is 32.6 Å². The standard InChI is InChI=1S/C20H23NO2/c1-15-10-11-19(20(13-15)22-3)23-12-6-8-17(14-21)18-9-5-4-7-16(18)2/h4-5,7,9-11,13,17H,6,8,12H2,1-3H3. The van der Waals surface area contributed by atoms with Crippen LogP contribution in [-0.4, -0.2) is 13.7 Å². The Bertz CT molecular complexity index is 688. The Balaban J connectivity index is 1.90. The van der Waals surface area contributed by atoms with E-state index in [2.05, 4.69) is 6.07 Å². The van der Waals surface area contributed by atoms with Crippen LogP contribution in [0.25, 0.3) is 0 Å². The number of aryl methyl sites for hydroxylation is 2. The highest BCUT2D eigenvalue weighted by Crippen LogP contribution is 2.28. The number of hydrogen-bond acceptors (Lipinski definition) is 3. The molecule has 0 aliphatic carbocycles. The minimum absolute atomic E-state index is 0.0836. The molecule has 0 spiro atoms. The summed E-state index contributed by atoms with van der Waals surface area (Å²) < 4.78 is 11.1. The first-order valence-corrected chi connectivity index (χ1v) is 7.88. The molecule has 1 atom stereocenters. The van der Waals surface area contributed by atoms with Crippen molar-refractivity contribution in [1.82, 2.24) is 0 Å². The summed E-state index contributed by atoms with van der Waals surface area (Å²) in [6, 6.07) is 16.4. The number of nitrogens with zero attached hydrogens (tertiary/aromatic N) is 1. The summed E-state index contributed by atoms with van der Waals surface area (Å²) in [5, 5.41) is 9.42.